The molecule has 1 aromatic rings. The van der Waals surface area contributed by atoms with E-state index in [0.717, 1.165) is 19.4 Å². The number of benzene rings is 1. The second-order valence-electron chi connectivity index (χ2n) is 6.85. The van der Waals surface area contributed by atoms with Crippen LogP contribution in [0.15, 0.2) is 30.3 Å². The first kappa shape index (κ1) is 16.2. The van der Waals surface area contributed by atoms with Gasteiger partial charge in [-0.15, -0.1) is 0 Å². The van der Waals surface area contributed by atoms with Gasteiger partial charge in [0.15, 0.2) is 0 Å². The first-order valence-electron chi connectivity index (χ1n) is 8.67. The lowest BCUT2D eigenvalue weighted by Crippen LogP contribution is -2.43. The van der Waals surface area contributed by atoms with Gasteiger partial charge in [0.05, 0.1) is 11.8 Å². The third-order valence-electron chi connectivity index (χ3n) is 5.68. The summed E-state index contributed by atoms with van der Waals surface area (Å²) in [6.07, 6.45) is 2.09. The van der Waals surface area contributed by atoms with E-state index < -0.39 is 0 Å². The lowest BCUT2D eigenvalue weighted by atomic mass is 9.82. The number of imide groups is 1. The lowest BCUT2D eigenvalue weighted by molar-refractivity contribution is -0.139. The predicted octanol–water partition coefficient (Wildman–Crippen LogP) is 2.54. The largest absolute Gasteiger partial charge is 0.294 e. The van der Waals surface area contributed by atoms with Crippen LogP contribution in [0.5, 0.6) is 0 Å². The van der Waals surface area contributed by atoms with Gasteiger partial charge in [-0.25, -0.2) is 0 Å². The molecule has 0 saturated carbocycles. The number of rotatable bonds is 5. The Hall–Kier alpha value is -1.68. The summed E-state index contributed by atoms with van der Waals surface area (Å²) in [5.41, 5.74) is 1.25. The normalized spacial score (nSPS) is 28.0. The quantitative estimate of drug-likeness (QED) is 0.784. The minimum atomic E-state index is -0.152. The van der Waals surface area contributed by atoms with Crippen molar-refractivity contribution in [1.29, 1.82) is 0 Å². The van der Waals surface area contributed by atoms with Gasteiger partial charge in [0.2, 0.25) is 11.8 Å². The first-order valence-corrected chi connectivity index (χ1v) is 8.67. The van der Waals surface area contributed by atoms with Gasteiger partial charge in [0.1, 0.15) is 0 Å². The SMILES string of the molecule is CCC(CC)[C@@H]1[C@H]2C(=O)N(C)C(=O)[C@@H]2CN1Cc1ccccc1. The fraction of sp³-hybridized carbons (Fsp3) is 0.579. The van der Waals surface area contributed by atoms with Crippen LogP contribution in [-0.2, 0) is 16.1 Å². The summed E-state index contributed by atoms with van der Waals surface area (Å²) in [6.45, 7) is 5.90. The highest BCUT2D eigenvalue weighted by Crippen LogP contribution is 2.42. The van der Waals surface area contributed by atoms with Crippen LogP contribution in [0.2, 0.25) is 0 Å². The molecule has 2 aliphatic heterocycles. The summed E-state index contributed by atoms with van der Waals surface area (Å²) in [5.74, 6) is 0.180. The molecule has 1 aromatic carbocycles. The van der Waals surface area contributed by atoms with Crippen LogP contribution in [0.3, 0.4) is 0 Å². The van der Waals surface area contributed by atoms with Crippen LogP contribution < -0.4 is 0 Å². The Morgan fingerprint density at radius 3 is 2.35 bits per heavy atom. The summed E-state index contributed by atoms with van der Waals surface area (Å²) in [5, 5.41) is 0. The molecule has 0 unspecified atom stereocenters. The zero-order valence-electron chi connectivity index (χ0n) is 14.2. The molecule has 0 aromatic heterocycles. The van der Waals surface area contributed by atoms with Crippen molar-refractivity contribution in [3.05, 3.63) is 35.9 Å². The van der Waals surface area contributed by atoms with Crippen LogP contribution in [0.4, 0.5) is 0 Å². The van der Waals surface area contributed by atoms with E-state index >= 15 is 0 Å². The van der Waals surface area contributed by atoms with Gasteiger partial charge in [-0.05, 0) is 11.5 Å². The number of carbonyl (C=O) groups excluding carboxylic acids is 2. The number of hydrogen-bond acceptors (Lipinski definition) is 3. The number of amides is 2. The number of carbonyl (C=O) groups is 2. The molecule has 0 N–H and O–H groups in total. The molecule has 4 heteroatoms. The first-order chi connectivity index (χ1) is 11.1. The van der Waals surface area contributed by atoms with Crippen molar-refractivity contribution in [1.82, 2.24) is 9.80 Å². The Balaban J connectivity index is 1.90. The van der Waals surface area contributed by atoms with Gasteiger partial charge in [-0.1, -0.05) is 57.0 Å². The van der Waals surface area contributed by atoms with E-state index in [2.05, 4.69) is 30.9 Å². The Kier molecular flexibility index (Phi) is 4.53. The molecule has 2 fully saturated rings. The molecule has 0 aliphatic carbocycles. The van der Waals surface area contributed by atoms with E-state index in [1.807, 2.05) is 18.2 Å². The van der Waals surface area contributed by atoms with Gasteiger partial charge in [0.25, 0.3) is 0 Å². The van der Waals surface area contributed by atoms with Crippen LogP contribution in [0.25, 0.3) is 0 Å². The van der Waals surface area contributed by atoms with E-state index in [9.17, 15) is 9.59 Å². The average Bonchev–Trinajstić information content (AvgIpc) is 3.02. The minimum Gasteiger partial charge on any atom is -0.294 e. The second kappa shape index (κ2) is 6.44. The Bertz CT molecular complexity index is 582. The maximum absolute atomic E-state index is 12.6. The Morgan fingerprint density at radius 1 is 1.09 bits per heavy atom. The van der Waals surface area contributed by atoms with Crippen LogP contribution >= 0.6 is 0 Å². The molecule has 2 aliphatic rings. The fourth-order valence-corrected chi connectivity index (χ4v) is 4.43. The number of fused-ring (bicyclic) bond motifs is 1. The van der Waals surface area contributed by atoms with Gasteiger partial charge < -0.3 is 0 Å². The van der Waals surface area contributed by atoms with Gasteiger partial charge in [-0.3, -0.25) is 19.4 Å². The third kappa shape index (κ3) is 2.69. The minimum absolute atomic E-state index is 0.00604. The van der Waals surface area contributed by atoms with Crippen molar-refractivity contribution in [3.63, 3.8) is 0 Å². The summed E-state index contributed by atoms with van der Waals surface area (Å²) in [6, 6.07) is 10.5. The highest BCUT2D eigenvalue weighted by Gasteiger charge is 2.57. The molecule has 2 heterocycles. The molecule has 3 atom stereocenters. The highest BCUT2D eigenvalue weighted by molar-refractivity contribution is 6.05. The van der Waals surface area contributed by atoms with Crippen LogP contribution in [0.1, 0.15) is 32.3 Å². The molecular formula is C19H26N2O2. The second-order valence-corrected chi connectivity index (χ2v) is 6.85. The molecule has 4 nitrogen and oxygen atoms in total. The molecule has 2 saturated heterocycles. The maximum atomic E-state index is 12.6. The third-order valence-corrected chi connectivity index (χ3v) is 5.68. The average molecular weight is 314 g/mol. The maximum Gasteiger partial charge on any atom is 0.234 e. The van der Waals surface area contributed by atoms with E-state index in [-0.39, 0.29) is 29.7 Å². The van der Waals surface area contributed by atoms with Crippen molar-refractivity contribution in [2.24, 2.45) is 17.8 Å². The Morgan fingerprint density at radius 2 is 1.74 bits per heavy atom. The molecule has 0 spiro atoms. The number of likely N-dealkylation sites (tertiary alicyclic amines) is 2. The molecule has 0 radical (unpaired) electrons. The van der Waals surface area contributed by atoms with Crippen molar-refractivity contribution in [2.75, 3.05) is 13.6 Å². The van der Waals surface area contributed by atoms with E-state index in [0.29, 0.717) is 12.5 Å². The van der Waals surface area contributed by atoms with Crippen molar-refractivity contribution < 1.29 is 9.59 Å². The Labute approximate surface area is 138 Å². The number of nitrogens with zero attached hydrogens (tertiary/aromatic N) is 2. The molecule has 0 bridgehead atoms. The van der Waals surface area contributed by atoms with E-state index in [1.54, 1.807) is 7.05 Å². The zero-order chi connectivity index (χ0) is 16.6. The molecule has 2 amide bonds. The number of hydrogen-bond donors (Lipinski definition) is 0. The van der Waals surface area contributed by atoms with Crippen molar-refractivity contribution in [3.8, 4) is 0 Å². The smallest absolute Gasteiger partial charge is 0.234 e. The topological polar surface area (TPSA) is 40.6 Å². The highest BCUT2D eigenvalue weighted by atomic mass is 16.2. The standard InChI is InChI=1S/C19H26N2O2/c1-4-14(5-2)17-16-15(18(22)20(3)19(16)23)12-21(17)11-13-9-7-6-8-10-13/h6-10,14-17H,4-5,11-12H2,1-3H3/t15-,16+,17-/m1/s1. The lowest BCUT2D eigenvalue weighted by Gasteiger charge is -2.33. The van der Waals surface area contributed by atoms with Gasteiger partial charge in [-0.2, -0.15) is 0 Å². The van der Waals surface area contributed by atoms with E-state index in [4.69, 9.17) is 0 Å². The summed E-state index contributed by atoms with van der Waals surface area (Å²) < 4.78 is 0. The molecule has 3 rings (SSSR count). The monoisotopic (exact) mass is 314 g/mol. The van der Waals surface area contributed by atoms with Crippen molar-refractivity contribution in [2.45, 2.75) is 39.3 Å². The molecule has 23 heavy (non-hydrogen) atoms. The van der Waals surface area contributed by atoms with Crippen molar-refractivity contribution >= 4 is 11.8 Å². The zero-order valence-corrected chi connectivity index (χ0v) is 14.2. The van der Waals surface area contributed by atoms with Crippen LogP contribution in [0, 0.1) is 17.8 Å². The predicted molar refractivity (Wildman–Crippen MR) is 89.5 cm³/mol. The fourth-order valence-electron chi connectivity index (χ4n) is 4.43. The van der Waals surface area contributed by atoms with E-state index in [1.165, 1.54) is 10.5 Å². The summed E-state index contributed by atoms with van der Waals surface area (Å²) >= 11 is 0. The summed E-state index contributed by atoms with van der Waals surface area (Å²) in [7, 11) is 1.63. The van der Waals surface area contributed by atoms with Gasteiger partial charge in [0, 0.05) is 26.2 Å². The summed E-state index contributed by atoms with van der Waals surface area (Å²) in [4.78, 5) is 28.8. The van der Waals surface area contributed by atoms with Crippen LogP contribution in [-0.4, -0.2) is 41.2 Å². The molecular weight excluding hydrogens is 288 g/mol. The molecule has 124 valence electrons. The van der Waals surface area contributed by atoms with Gasteiger partial charge >= 0.3 is 0 Å².